The topological polar surface area (TPSA) is 38.9 Å². The van der Waals surface area contributed by atoms with Crippen LogP contribution < -0.4 is 0 Å². The summed E-state index contributed by atoms with van der Waals surface area (Å²) in [4.78, 5) is 4.45. The lowest BCUT2D eigenvalue weighted by Gasteiger charge is -2.09. The molecule has 0 aliphatic heterocycles. The summed E-state index contributed by atoms with van der Waals surface area (Å²) in [5.74, 6) is 0.698. The van der Waals surface area contributed by atoms with E-state index in [1.165, 1.54) is 0 Å². The van der Waals surface area contributed by atoms with E-state index >= 15 is 0 Å². The molecule has 0 aliphatic carbocycles. The summed E-state index contributed by atoms with van der Waals surface area (Å²) < 4.78 is 5.28. The van der Waals surface area contributed by atoms with Crippen molar-refractivity contribution in [2.24, 2.45) is 0 Å². The summed E-state index contributed by atoms with van der Waals surface area (Å²) in [6.07, 6.45) is 8.04. The van der Waals surface area contributed by atoms with Crippen LogP contribution in [0.15, 0.2) is 53.2 Å². The molecule has 3 rings (SSSR count). The van der Waals surface area contributed by atoms with Gasteiger partial charge in [0.15, 0.2) is 5.76 Å². The summed E-state index contributed by atoms with van der Waals surface area (Å²) in [5.41, 5.74) is 4.16. The third kappa shape index (κ3) is 3.02. The number of benzene rings is 1. The maximum absolute atomic E-state index is 5.28. The fourth-order valence-corrected chi connectivity index (χ4v) is 2.32. The van der Waals surface area contributed by atoms with Crippen LogP contribution >= 0.6 is 0 Å². The quantitative estimate of drug-likeness (QED) is 0.687. The molecule has 21 heavy (non-hydrogen) atoms. The lowest BCUT2D eigenvalue weighted by molar-refractivity contribution is 0.432. The number of hydrogen-bond acceptors (Lipinski definition) is 3. The van der Waals surface area contributed by atoms with Crippen molar-refractivity contribution in [3.05, 3.63) is 60.6 Å². The smallest absolute Gasteiger partial charge is 0.169 e. The zero-order valence-electron chi connectivity index (χ0n) is 12.0. The maximum Gasteiger partial charge on any atom is 0.169 e. The molecule has 0 amide bonds. The van der Waals surface area contributed by atoms with Gasteiger partial charge in [0.25, 0.3) is 0 Å². The predicted octanol–water partition coefficient (Wildman–Crippen LogP) is 4.55. The molecule has 2 heterocycles. The second-order valence-electron chi connectivity index (χ2n) is 4.99. The van der Waals surface area contributed by atoms with Crippen molar-refractivity contribution in [1.82, 2.24) is 10.1 Å². The van der Waals surface area contributed by atoms with Gasteiger partial charge in [-0.1, -0.05) is 48.8 Å². The first-order valence-corrected chi connectivity index (χ1v) is 7.26. The molecule has 0 N–H and O–H groups in total. The van der Waals surface area contributed by atoms with E-state index in [0.717, 1.165) is 41.6 Å². The predicted molar refractivity (Wildman–Crippen MR) is 82.6 cm³/mol. The summed E-state index contributed by atoms with van der Waals surface area (Å²) in [6, 6.07) is 14.2. The van der Waals surface area contributed by atoms with Crippen LogP contribution in [-0.4, -0.2) is 10.1 Å². The van der Waals surface area contributed by atoms with E-state index in [1.54, 1.807) is 6.20 Å². The van der Waals surface area contributed by atoms with Crippen molar-refractivity contribution in [2.45, 2.75) is 26.2 Å². The van der Waals surface area contributed by atoms with Crippen LogP contribution in [0.5, 0.6) is 0 Å². The average Bonchev–Trinajstić information content (AvgIpc) is 3.08. The number of aromatic nitrogens is 2. The Morgan fingerprint density at radius 1 is 1.14 bits per heavy atom. The Bertz CT molecular complexity index is 691. The van der Waals surface area contributed by atoms with Gasteiger partial charge in [-0.3, -0.25) is 4.98 Å². The summed E-state index contributed by atoms with van der Waals surface area (Å²) >= 11 is 0. The largest absolute Gasteiger partial charge is 0.356 e. The van der Waals surface area contributed by atoms with Crippen LogP contribution in [0.4, 0.5) is 0 Å². The summed E-state index contributed by atoms with van der Waals surface area (Å²) in [6.45, 7) is 2.19. The van der Waals surface area contributed by atoms with Gasteiger partial charge in [0.05, 0.1) is 11.8 Å². The first-order valence-electron chi connectivity index (χ1n) is 7.26. The second kappa shape index (κ2) is 6.35. The van der Waals surface area contributed by atoms with Crippen LogP contribution in [0.2, 0.25) is 0 Å². The molecule has 105 valence electrons. The van der Waals surface area contributed by atoms with Crippen LogP contribution in [0.25, 0.3) is 22.5 Å². The van der Waals surface area contributed by atoms with Crippen LogP contribution in [0.1, 0.15) is 25.5 Å². The Morgan fingerprint density at radius 2 is 2.00 bits per heavy atom. The zero-order chi connectivity index (χ0) is 14.5. The molecule has 0 atom stereocenters. The highest BCUT2D eigenvalue weighted by Crippen LogP contribution is 2.31. The molecule has 0 bridgehead atoms. The van der Waals surface area contributed by atoms with E-state index in [0.29, 0.717) is 5.76 Å². The molecule has 2 aromatic heterocycles. The minimum absolute atomic E-state index is 0.698. The van der Waals surface area contributed by atoms with Crippen molar-refractivity contribution >= 4 is 0 Å². The summed E-state index contributed by atoms with van der Waals surface area (Å²) in [5, 5.41) is 3.78. The fourth-order valence-electron chi connectivity index (χ4n) is 2.32. The van der Waals surface area contributed by atoms with E-state index < -0.39 is 0 Å². The van der Waals surface area contributed by atoms with Gasteiger partial charge in [0.1, 0.15) is 6.20 Å². The van der Waals surface area contributed by atoms with Crippen molar-refractivity contribution in [1.29, 1.82) is 0 Å². The molecule has 3 aromatic rings. The Morgan fingerprint density at radius 3 is 2.71 bits per heavy atom. The number of nitrogens with zero attached hydrogens (tertiary/aromatic N) is 2. The first kappa shape index (κ1) is 13.6. The Balaban J connectivity index is 2.08. The SMILES string of the molecule is CCCCc1cc(-c2ccccc2)c(-c2ccno2)[c]n1. The number of aryl methyl sites for hydroxylation is 1. The Kier molecular flexibility index (Phi) is 4.10. The van der Waals surface area contributed by atoms with Crippen LogP contribution in [-0.2, 0) is 6.42 Å². The minimum Gasteiger partial charge on any atom is -0.356 e. The van der Waals surface area contributed by atoms with Crippen molar-refractivity contribution < 1.29 is 4.52 Å². The lowest BCUT2D eigenvalue weighted by Crippen LogP contribution is -1.94. The van der Waals surface area contributed by atoms with Gasteiger partial charge in [-0.15, -0.1) is 0 Å². The molecule has 0 aliphatic rings. The van der Waals surface area contributed by atoms with Crippen molar-refractivity contribution in [3.63, 3.8) is 0 Å². The standard InChI is InChI=1S/C18H17N2O/c1-2-3-9-15-12-16(14-7-5-4-6-8-14)17(13-19-15)18-10-11-20-21-18/h4-8,10-12H,2-3,9H2,1H3. The van der Waals surface area contributed by atoms with Gasteiger partial charge in [-0.05, 0) is 30.0 Å². The molecule has 3 nitrogen and oxygen atoms in total. The molecular weight excluding hydrogens is 260 g/mol. The van der Waals surface area contributed by atoms with E-state index in [2.05, 4.69) is 41.5 Å². The highest BCUT2D eigenvalue weighted by molar-refractivity contribution is 5.80. The van der Waals surface area contributed by atoms with Crippen molar-refractivity contribution in [2.75, 3.05) is 0 Å². The third-order valence-corrected chi connectivity index (χ3v) is 3.45. The Labute approximate surface area is 124 Å². The molecule has 0 unspecified atom stereocenters. The lowest BCUT2D eigenvalue weighted by atomic mass is 9.98. The zero-order valence-corrected chi connectivity index (χ0v) is 12.0. The maximum atomic E-state index is 5.28. The number of rotatable bonds is 5. The van der Waals surface area contributed by atoms with Gasteiger partial charge in [0, 0.05) is 11.8 Å². The van der Waals surface area contributed by atoms with E-state index in [-0.39, 0.29) is 0 Å². The van der Waals surface area contributed by atoms with E-state index in [4.69, 9.17) is 4.52 Å². The average molecular weight is 277 g/mol. The number of pyridine rings is 1. The van der Waals surface area contributed by atoms with Gasteiger partial charge in [-0.2, -0.15) is 0 Å². The van der Waals surface area contributed by atoms with Gasteiger partial charge in [-0.25, -0.2) is 0 Å². The van der Waals surface area contributed by atoms with Gasteiger partial charge >= 0.3 is 0 Å². The van der Waals surface area contributed by atoms with Crippen LogP contribution in [0.3, 0.4) is 0 Å². The molecule has 1 radical (unpaired) electrons. The van der Waals surface area contributed by atoms with Crippen molar-refractivity contribution in [3.8, 4) is 22.5 Å². The van der Waals surface area contributed by atoms with Gasteiger partial charge < -0.3 is 4.52 Å². The monoisotopic (exact) mass is 277 g/mol. The van der Waals surface area contributed by atoms with E-state index in [9.17, 15) is 0 Å². The normalized spacial score (nSPS) is 10.7. The van der Waals surface area contributed by atoms with Crippen LogP contribution in [0, 0.1) is 6.20 Å². The number of hydrogen-bond donors (Lipinski definition) is 0. The third-order valence-electron chi connectivity index (χ3n) is 3.45. The molecular formula is C18H17N2O. The molecule has 1 aromatic carbocycles. The first-order chi connectivity index (χ1) is 10.4. The number of unbranched alkanes of at least 4 members (excludes halogenated alkanes) is 1. The minimum atomic E-state index is 0.698. The molecule has 0 saturated heterocycles. The molecule has 0 spiro atoms. The molecule has 3 heteroatoms. The Hall–Kier alpha value is -2.42. The highest BCUT2D eigenvalue weighted by atomic mass is 16.5. The fraction of sp³-hybridized carbons (Fsp3) is 0.222. The highest BCUT2D eigenvalue weighted by Gasteiger charge is 2.12. The molecule has 0 saturated carbocycles. The molecule has 0 fully saturated rings. The summed E-state index contributed by atoms with van der Waals surface area (Å²) in [7, 11) is 0. The van der Waals surface area contributed by atoms with E-state index in [1.807, 2.05) is 24.3 Å². The van der Waals surface area contributed by atoms with Gasteiger partial charge in [0.2, 0.25) is 0 Å². The second-order valence-corrected chi connectivity index (χ2v) is 4.99.